The van der Waals surface area contributed by atoms with Gasteiger partial charge >= 0.3 is 0 Å². The van der Waals surface area contributed by atoms with Gasteiger partial charge in [0.15, 0.2) is 0 Å². The fourth-order valence-electron chi connectivity index (χ4n) is 3.34. The van der Waals surface area contributed by atoms with Gasteiger partial charge in [0.25, 0.3) is 5.91 Å². The van der Waals surface area contributed by atoms with E-state index in [1.165, 1.54) is 0 Å². The molecule has 138 valence electrons. The number of piperidine rings is 1. The largest absolute Gasteiger partial charge is 0.341 e. The van der Waals surface area contributed by atoms with Crippen LogP contribution in [0.4, 0.5) is 0 Å². The summed E-state index contributed by atoms with van der Waals surface area (Å²) in [4.78, 5) is 27.5. The second-order valence-corrected chi connectivity index (χ2v) is 7.03. The Hall–Kier alpha value is -1.88. The minimum Gasteiger partial charge on any atom is -0.341 e. The maximum absolute atomic E-state index is 13.0. The van der Waals surface area contributed by atoms with Gasteiger partial charge in [-0.05, 0) is 50.4 Å². The molecule has 25 heavy (non-hydrogen) atoms. The summed E-state index contributed by atoms with van der Waals surface area (Å²) in [6.07, 6.45) is 2.89. The standard InChI is InChI=1S/C20H31N3O2/c1-4-15(2)18(22-19(24)17-8-6-5-7-9-17)20(25)23-12-10-16(11-13-23)14-21-3/h5-9,15-16,18,21H,4,10-14H2,1-3H3,(H,22,24). The van der Waals surface area contributed by atoms with Gasteiger partial charge in [-0.2, -0.15) is 0 Å². The molecule has 0 spiro atoms. The molecule has 0 aliphatic carbocycles. The van der Waals surface area contributed by atoms with Crippen molar-refractivity contribution in [1.29, 1.82) is 0 Å². The van der Waals surface area contributed by atoms with Gasteiger partial charge in [-0.3, -0.25) is 9.59 Å². The fraction of sp³-hybridized carbons (Fsp3) is 0.600. The number of nitrogens with one attached hydrogen (secondary N) is 2. The lowest BCUT2D eigenvalue weighted by Crippen LogP contribution is -2.53. The van der Waals surface area contributed by atoms with Crippen LogP contribution in [0.2, 0.25) is 0 Å². The molecule has 0 aromatic heterocycles. The summed E-state index contributed by atoms with van der Waals surface area (Å²) in [5.74, 6) is 0.621. The topological polar surface area (TPSA) is 61.4 Å². The number of benzene rings is 1. The molecule has 2 N–H and O–H groups in total. The lowest BCUT2D eigenvalue weighted by molar-refractivity contribution is -0.135. The smallest absolute Gasteiger partial charge is 0.251 e. The molecule has 1 aromatic rings. The van der Waals surface area contributed by atoms with Crippen molar-refractivity contribution in [2.45, 2.75) is 39.2 Å². The molecule has 1 aliphatic heterocycles. The number of carbonyl (C=O) groups excluding carboxylic acids is 2. The Kier molecular flexibility index (Phi) is 7.44. The number of nitrogens with zero attached hydrogens (tertiary/aromatic N) is 1. The molecule has 5 heteroatoms. The maximum atomic E-state index is 13.0. The van der Waals surface area contributed by atoms with Gasteiger partial charge in [0.05, 0.1) is 0 Å². The maximum Gasteiger partial charge on any atom is 0.251 e. The highest BCUT2D eigenvalue weighted by Crippen LogP contribution is 2.19. The first kappa shape index (κ1) is 19.4. The molecule has 0 radical (unpaired) electrons. The quantitative estimate of drug-likeness (QED) is 0.797. The normalized spacial score (nSPS) is 17.8. The van der Waals surface area contributed by atoms with Gasteiger partial charge in [0, 0.05) is 18.7 Å². The first-order chi connectivity index (χ1) is 12.1. The molecular formula is C20H31N3O2. The third-order valence-corrected chi connectivity index (χ3v) is 5.22. The number of likely N-dealkylation sites (tertiary alicyclic amines) is 1. The summed E-state index contributed by atoms with van der Waals surface area (Å²) < 4.78 is 0. The van der Waals surface area contributed by atoms with E-state index in [2.05, 4.69) is 17.6 Å². The lowest BCUT2D eigenvalue weighted by Gasteiger charge is -2.35. The number of hydrogen-bond acceptors (Lipinski definition) is 3. The SMILES string of the molecule is CCC(C)C(NC(=O)c1ccccc1)C(=O)N1CCC(CNC)CC1. The summed E-state index contributed by atoms with van der Waals surface area (Å²) >= 11 is 0. The average molecular weight is 345 g/mol. The van der Waals surface area contributed by atoms with Crippen molar-refractivity contribution < 1.29 is 9.59 Å². The Morgan fingerprint density at radius 3 is 2.40 bits per heavy atom. The van der Waals surface area contributed by atoms with Crippen LogP contribution in [-0.2, 0) is 4.79 Å². The molecule has 1 aromatic carbocycles. The zero-order chi connectivity index (χ0) is 18.2. The number of amides is 2. The van der Waals surface area contributed by atoms with E-state index in [1.54, 1.807) is 12.1 Å². The van der Waals surface area contributed by atoms with E-state index < -0.39 is 6.04 Å². The Balaban J connectivity index is 2.02. The van der Waals surface area contributed by atoms with E-state index in [0.29, 0.717) is 11.5 Å². The first-order valence-corrected chi connectivity index (χ1v) is 9.36. The second kappa shape index (κ2) is 9.56. The molecule has 1 fully saturated rings. The summed E-state index contributed by atoms with van der Waals surface area (Å²) in [6.45, 7) is 6.64. The molecule has 0 bridgehead atoms. The van der Waals surface area contributed by atoms with Crippen LogP contribution in [-0.4, -0.2) is 49.4 Å². The average Bonchev–Trinajstić information content (AvgIpc) is 2.66. The van der Waals surface area contributed by atoms with E-state index in [0.717, 1.165) is 38.9 Å². The van der Waals surface area contributed by atoms with Crippen molar-refractivity contribution in [3.63, 3.8) is 0 Å². The second-order valence-electron chi connectivity index (χ2n) is 7.03. The van der Waals surface area contributed by atoms with Crippen LogP contribution in [0, 0.1) is 11.8 Å². The predicted octanol–water partition coefficient (Wildman–Crippen LogP) is 2.29. The van der Waals surface area contributed by atoms with Crippen LogP contribution >= 0.6 is 0 Å². The van der Waals surface area contributed by atoms with E-state index in [-0.39, 0.29) is 17.7 Å². The number of rotatable bonds is 7. The zero-order valence-corrected chi connectivity index (χ0v) is 15.6. The molecule has 2 amide bonds. The molecule has 0 saturated carbocycles. The Labute approximate surface area is 151 Å². The molecule has 5 nitrogen and oxygen atoms in total. The van der Waals surface area contributed by atoms with Crippen molar-refractivity contribution in [3.05, 3.63) is 35.9 Å². The summed E-state index contributed by atoms with van der Waals surface area (Å²) in [7, 11) is 1.97. The van der Waals surface area contributed by atoms with Gasteiger partial charge < -0.3 is 15.5 Å². The van der Waals surface area contributed by atoms with Crippen LogP contribution < -0.4 is 10.6 Å². The van der Waals surface area contributed by atoms with Crippen molar-refractivity contribution in [2.75, 3.05) is 26.7 Å². The van der Waals surface area contributed by atoms with Gasteiger partial charge in [-0.15, -0.1) is 0 Å². The summed E-state index contributed by atoms with van der Waals surface area (Å²) in [5, 5.41) is 6.19. The van der Waals surface area contributed by atoms with Crippen molar-refractivity contribution in [3.8, 4) is 0 Å². The molecule has 2 rings (SSSR count). The third kappa shape index (κ3) is 5.30. The molecule has 1 heterocycles. The van der Waals surface area contributed by atoms with Gasteiger partial charge in [-0.25, -0.2) is 0 Å². The van der Waals surface area contributed by atoms with Gasteiger partial charge in [-0.1, -0.05) is 38.5 Å². The first-order valence-electron chi connectivity index (χ1n) is 9.36. The van der Waals surface area contributed by atoms with Crippen molar-refractivity contribution in [1.82, 2.24) is 15.5 Å². The van der Waals surface area contributed by atoms with Crippen LogP contribution in [0.1, 0.15) is 43.5 Å². The summed E-state index contributed by atoms with van der Waals surface area (Å²) in [6, 6.07) is 8.64. The van der Waals surface area contributed by atoms with Gasteiger partial charge in [0.1, 0.15) is 6.04 Å². The van der Waals surface area contributed by atoms with Crippen molar-refractivity contribution >= 4 is 11.8 Å². The van der Waals surface area contributed by atoms with Crippen LogP contribution in [0.5, 0.6) is 0 Å². The lowest BCUT2D eigenvalue weighted by atomic mass is 9.93. The number of carbonyl (C=O) groups is 2. The van der Waals surface area contributed by atoms with Crippen LogP contribution in [0.25, 0.3) is 0 Å². The zero-order valence-electron chi connectivity index (χ0n) is 15.6. The third-order valence-electron chi connectivity index (χ3n) is 5.22. The van der Waals surface area contributed by atoms with E-state index in [9.17, 15) is 9.59 Å². The molecule has 1 saturated heterocycles. The van der Waals surface area contributed by atoms with Crippen molar-refractivity contribution in [2.24, 2.45) is 11.8 Å². The Morgan fingerprint density at radius 1 is 1.20 bits per heavy atom. The number of hydrogen-bond donors (Lipinski definition) is 2. The Morgan fingerprint density at radius 2 is 1.84 bits per heavy atom. The van der Waals surface area contributed by atoms with E-state index in [4.69, 9.17) is 0 Å². The Bertz CT molecular complexity index is 553. The summed E-state index contributed by atoms with van der Waals surface area (Å²) in [5.41, 5.74) is 0.594. The minimum atomic E-state index is -0.460. The van der Waals surface area contributed by atoms with Crippen LogP contribution in [0.15, 0.2) is 30.3 Å². The van der Waals surface area contributed by atoms with E-state index in [1.807, 2.05) is 37.1 Å². The monoisotopic (exact) mass is 345 g/mol. The fourth-order valence-corrected chi connectivity index (χ4v) is 3.34. The highest BCUT2D eigenvalue weighted by Gasteiger charge is 2.32. The molecular weight excluding hydrogens is 314 g/mol. The highest BCUT2D eigenvalue weighted by molar-refractivity contribution is 5.97. The molecule has 2 unspecified atom stereocenters. The van der Waals surface area contributed by atoms with Gasteiger partial charge in [0.2, 0.25) is 5.91 Å². The predicted molar refractivity (Wildman–Crippen MR) is 100 cm³/mol. The minimum absolute atomic E-state index is 0.0570. The molecule has 2 atom stereocenters. The molecule has 1 aliphatic rings. The highest BCUT2D eigenvalue weighted by atomic mass is 16.2. The van der Waals surface area contributed by atoms with E-state index >= 15 is 0 Å². The van der Waals surface area contributed by atoms with Crippen LogP contribution in [0.3, 0.4) is 0 Å².